The van der Waals surface area contributed by atoms with E-state index in [0.717, 1.165) is 32.5 Å². The van der Waals surface area contributed by atoms with Crippen molar-refractivity contribution in [3.05, 3.63) is 16.1 Å². The molecular formula is C15H22N2O2S. The predicted molar refractivity (Wildman–Crippen MR) is 77.7 cm³/mol. The summed E-state index contributed by atoms with van der Waals surface area (Å²) in [6.45, 7) is 5.44. The van der Waals surface area contributed by atoms with Crippen LogP contribution in [0.25, 0.3) is 0 Å². The summed E-state index contributed by atoms with van der Waals surface area (Å²) in [6, 6.07) is 0. The summed E-state index contributed by atoms with van der Waals surface area (Å²) >= 11 is 1.76. The van der Waals surface area contributed by atoms with Crippen LogP contribution in [0.4, 0.5) is 0 Å². The number of nitrogens with zero attached hydrogens (tertiary/aromatic N) is 2. The number of aromatic nitrogens is 1. The fourth-order valence-corrected chi connectivity index (χ4v) is 5.20. The van der Waals surface area contributed by atoms with Crippen molar-refractivity contribution in [2.75, 3.05) is 19.7 Å². The molecule has 0 saturated carbocycles. The Morgan fingerprint density at radius 2 is 2.50 bits per heavy atom. The molecule has 4 heterocycles. The Bertz CT molecular complexity index is 506. The summed E-state index contributed by atoms with van der Waals surface area (Å²) in [6.07, 6.45) is 3.64. The largest absolute Gasteiger partial charge is 0.396 e. The Hall–Kier alpha value is -0.490. The van der Waals surface area contributed by atoms with Crippen LogP contribution in [0.3, 0.4) is 0 Å². The molecule has 0 radical (unpaired) electrons. The zero-order valence-corrected chi connectivity index (χ0v) is 12.7. The predicted octanol–water partition coefficient (Wildman–Crippen LogP) is 1.68. The molecule has 0 amide bonds. The maximum atomic E-state index is 9.63. The SMILES string of the molecule is CCc1nc(CN2C[C@H]3[C@@H](CO)[C@@H]4CC[C@@]3(C2)O4)cs1. The van der Waals surface area contributed by atoms with E-state index in [0.29, 0.717) is 17.9 Å². The van der Waals surface area contributed by atoms with Crippen molar-refractivity contribution in [3.8, 4) is 0 Å². The third-order valence-electron chi connectivity index (χ3n) is 5.35. The summed E-state index contributed by atoms with van der Waals surface area (Å²) in [5.41, 5.74) is 1.24. The highest BCUT2D eigenvalue weighted by Crippen LogP contribution is 2.54. The molecule has 1 spiro atoms. The van der Waals surface area contributed by atoms with Crippen molar-refractivity contribution >= 4 is 11.3 Å². The Labute approximate surface area is 123 Å². The molecule has 110 valence electrons. The van der Waals surface area contributed by atoms with Crippen molar-refractivity contribution in [2.24, 2.45) is 11.8 Å². The maximum absolute atomic E-state index is 9.63. The normalized spacial score (nSPS) is 39.6. The number of hydrogen-bond acceptors (Lipinski definition) is 5. The van der Waals surface area contributed by atoms with Crippen molar-refractivity contribution in [1.82, 2.24) is 9.88 Å². The van der Waals surface area contributed by atoms with Crippen LogP contribution in [-0.4, -0.2) is 46.4 Å². The van der Waals surface area contributed by atoms with Crippen molar-refractivity contribution in [2.45, 2.75) is 44.4 Å². The van der Waals surface area contributed by atoms with Crippen LogP contribution in [0.1, 0.15) is 30.5 Å². The number of fused-ring (bicyclic) bond motifs is 1. The zero-order chi connectivity index (χ0) is 13.7. The number of aliphatic hydroxyl groups excluding tert-OH is 1. The summed E-state index contributed by atoms with van der Waals surface area (Å²) in [5.74, 6) is 0.880. The lowest BCUT2D eigenvalue weighted by Gasteiger charge is -2.28. The van der Waals surface area contributed by atoms with Gasteiger partial charge in [-0.25, -0.2) is 4.98 Å². The topological polar surface area (TPSA) is 45.6 Å². The van der Waals surface area contributed by atoms with E-state index in [2.05, 4.69) is 22.2 Å². The fourth-order valence-electron chi connectivity index (χ4n) is 4.46. The molecule has 3 aliphatic rings. The average Bonchev–Trinajstić information content (AvgIpc) is 3.16. The van der Waals surface area contributed by atoms with Gasteiger partial charge in [0, 0.05) is 43.5 Å². The van der Waals surface area contributed by atoms with Crippen LogP contribution in [-0.2, 0) is 17.7 Å². The second-order valence-electron chi connectivity index (χ2n) is 6.47. The van der Waals surface area contributed by atoms with Gasteiger partial charge in [0.25, 0.3) is 0 Å². The molecule has 0 aliphatic carbocycles. The van der Waals surface area contributed by atoms with Crippen molar-refractivity contribution in [3.63, 3.8) is 0 Å². The Morgan fingerprint density at radius 1 is 1.60 bits per heavy atom. The van der Waals surface area contributed by atoms with E-state index in [1.807, 2.05) is 0 Å². The third kappa shape index (κ3) is 1.87. The minimum absolute atomic E-state index is 0.0433. The van der Waals surface area contributed by atoms with Crippen LogP contribution in [0.2, 0.25) is 0 Å². The molecule has 3 aliphatic heterocycles. The molecule has 4 nitrogen and oxygen atoms in total. The summed E-state index contributed by atoms with van der Waals surface area (Å²) in [5, 5.41) is 13.0. The van der Waals surface area contributed by atoms with E-state index in [9.17, 15) is 5.11 Å². The van der Waals surface area contributed by atoms with Gasteiger partial charge < -0.3 is 9.84 Å². The molecule has 3 saturated heterocycles. The molecule has 1 aromatic rings. The molecule has 0 unspecified atom stereocenters. The number of hydrogen-bond donors (Lipinski definition) is 1. The van der Waals surface area contributed by atoms with E-state index in [1.54, 1.807) is 11.3 Å². The quantitative estimate of drug-likeness (QED) is 0.918. The van der Waals surface area contributed by atoms with Gasteiger partial charge in [-0.1, -0.05) is 6.92 Å². The first kappa shape index (κ1) is 13.2. The van der Waals surface area contributed by atoms with Crippen LogP contribution >= 0.6 is 11.3 Å². The Balaban J connectivity index is 1.48. The van der Waals surface area contributed by atoms with Crippen molar-refractivity contribution in [1.29, 1.82) is 0 Å². The molecule has 3 fully saturated rings. The second kappa shape index (κ2) is 4.77. The number of aryl methyl sites for hydroxylation is 1. The molecule has 2 bridgehead atoms. The van der Waals surface area contributed by atoms with E-state index >= 15 is 0 Å². The maximum Gasteiger partial charge on any atom is 0.0926 e. The van der Waals surface area contributed by atoms with E-state index in [-0.39, 0.29) is 12.2 Å². The van der Waals surface area contributed by atoms with Gasteiger partial charge in [-0.2, -0.15) is 0 Å². The lowest BCUT2D eigenvalue weighted by molar-refractivity contribution is 0.000304. The molecule has 0 aromatic carbocycles. The number of rotatable bonds is 4. The zero-order valence-electron chi connectivity index (χ0n) is 11.9. The van der Waals surface area contributed by atoms with Gasteiger partial charge >= 0.3 is 0 Å². The lowest BCUT2D eigenvalue weighted by Crippen LogP contribution is -2.37. The summed E-state index contributed by atoms with van der Waals surface area (Å²) < 4.78 is 6.26. The molecule has 4 atom stereocenters. The highest BCUT2D eigenvalue weighted by Gasteiger charge is 2.62. The van der Waals surface area contributed by atoms with Gasteiger partial charge in [-0.15, -0.1) is 11.3 Å². The first-order chi connectivity index (χ1) is 9.74. The third-order valence-corrected chi connectivity index (χ3v) is 6.39. The minimum Gasteiger partial charge on any atom is -0.396 e. The first-order valence-electron chi connectivity index (χ1n) is 7.68. The highest BCUT2D eigenvalue weighted by atomic mass is 32.1. The van der Waals surface area contributed by atoms with Crippen LogP contribution in [0.15, 0.2) is 5.38 Å². The van der Waals surface area contributed by atoms with Gasteiger partial charge in [0.1, 0.15) is 0 Å². The monoisotopic (exact) mass is 294 g/mol. The molecule has 5 heteroatoms. The van der Waals surface area contributed by atoms with Gasteiger partial charge in [0.15, 0.2) is 0 Å². The highest BCUT2D eigenvalue weighted by molar-refractivity contribution is 7.09. The molecule has 1 N–H and O–H groups in total. The summed E-state index contributed by atoms with van der Waals surface area (Å²) in [4.78, 5) is 7.15. The standard InChI is InChI=1S/C15H22N2O2S/c1-2-14-16-10(8-20-14)5-17-6-12-11(7-18)13-3-4-15(12,9-17)19-13/h8,11-13,18H,2-7,9H2,1H3/t11-,12+,13+,15+/m1/s1. The number of aliphatic hydroxyl groups is 1. The minimum atomic E-state index is 0.0433. The van der Waals surface area contributed by atoms with Gasteiger partial charge in [-0.3, -0.25) is 4.90 Å². The van der Waals surface area contributed by atoms with E-state index in [1.165, 1.54) is 17.1 Å². The lowest BCUT2D eigenvalue weighted by atomic mass is 9.74. The number of likely N-dealkylation sites (tertiary alicyclic amines) is 1. The van der Waals surface area contributed by atoms with Crippen molar-refractivity contribution < 1.29 is 9.84 Å². The Morgan fingerprint density at radius 3 is 3.25 bits per heavy atom. The van der Waals surface area contributed by atoms with Crippen LogP contribution < -0.4 is 0 Å². The van der Waals surface area contributed by atoms with Crippen LogP contribution in [0.5, 0.6) is 0 Å². The number of thiazole rings is 1. The first-order valence-corrected chi connectivity index (χ1v) is 8.56. The van der Waals surface area contributed by atoms with Crippen LogP contribution in [0, 0.1) is 11.8 Å². The average molecular weight is 294 g/mol. The number of ether oxygens (including phenoxy) is 1. The molecule has 20 heavy (non-hydrogen) atoms. The molecular weight excluding hydrogens is 272 g/mol. The van der Waals surface area contributed by atoms with E-state index < -0.39 is 0 Å². The van der Waals surface area contributed by atoms with E-state index in [4.69, 9.17) is 4.74 Å². The van der Waals surface area contributed by atoms with Gasteiger partial charge in [0.05, 0.1) is 22.4 Å². The smallest absolute Gasteiger partial charge is 0.0926 e. The summed E-state index contributed by atoms with van der Waals surface area (Å²) in [7, 11) is 0. The van der Waals surface area contributed by atoms with Gasteiger partial charge in [0.2, 0.25) is 0 Å². The molecule has 1 aromatic heterocycles. The Kier molecular flexibility index (Phi) is 3.14. The second-order valence-corrected chi connectivity index (χ2v) is 7.41. The van der Waals surface area contributed by atoms with Gasteiger partial charge in [-0.05, 0) is 19.3 Å². The molecule has 4 rings (SSSR count). The fraction of sp³-hybridized carbons (Fsp3) is 0.800.